The number of H-pyrrole nitrogens is 1. The molecule has 1 saturated heterocycles. The number of nitrogens with zero attached hydrogens (tertiary/aromatic N) is 2. The average molecular weight is 238 g/mol. The van der Waals surface area contributed by atoms with Crippen LogP contribution in [0.4, 0.5) is 0 Å². The van der Waals surface area contributed by atoms with Crippen LogP contribution in [-0.2, 0) is 4.74 Å². The van der Waals surface area contributed by atoms with E-state index >= 15 is 0 Å². The fourth-order valence-electron chi connectivity index (χ4n) is 1.67. The largest absolute Gasteiger partial charge is 0.373 e. The summed E-state index contributed by atoms with van der Waals surface area (Å²) in [6.07, 6.45) is -0.129. The normalized spacial score (nSPS) is 20.3. The van der Waals surface area contributed by atoms with Gasteiger partial charge < -0.3 is 15.4 Å². The molecule has 3 N–H and O–H groups in total. The first-order valence-electron chi connectivity index (χ1n) is 5.37. The van der Waals surface area contributed by atoms with Crippen molar-refractivity contribution in [2.45, 2.75) is 6.10 Å². The summed E-state index contributed by atoms with van der Waals surface area (Å²) >= 11 is 0. The molecule has 1 aromatic heterocycles. The Hall–Kier alpha value is -1.73. The van der Waals surface area contributed by atoms with Crippen LogP contribution in [0.15, 0.2) is 16.9 Å². The summed E-state index contributed by atoms with van der Waals surface area (Å²) in [5.74, 6) is -0.219. The summed E-state index contributed by atoms with van der Waals surface area (Å²) in [6, 6.07) is 2.69. The number of carbonyl (C=O) groups excluding carboxylic acids is 1. The topological polar surface area (TPSA) is 101 Å². The second-order valence-electron chi connectivity index (χ2n) is 3.79. The molecule has 7 heteroatoms. The summed E-state index contributed by atoms with van der Waals surface area (Å²) < 4.78 is 5.37. The summed E-state index contributed by atoms with van der Waals surface area (Å²) in [4.78, 5) is 24.5. The molecule has 1 aliphatic heterocycles. The number of hydrogen-bond acceptors (Lipinski definition) is 5. The van der Waals surface area contributed by atoms with Crippen LogP contribution in [0.3, 0.4) is 0 Å². The predicted molar refractivity (Wildman–Crippen MR) is 59.6 cm³/mol. The molecule has 1 aromatic rings. The van der Waals surface area contributed by atoms with Gasteiger partial charge in [0.1, 0.15) is 5.69 Å². The highest BCUT2D eigenvalue weighted by molar-refractivity contribution is 5.92. The van der Waals surface area contributed by atoms with E-state index in [1.54, 1.807) is 4.90 Å². The van der Waals surface area contributed by atoms with E-state index < -0.39 is 0 Å². The number of rotatable bonds is 2. The van der Waals surface area contributed by atoms with E-state index in [-0.39, 0.29) is 23.3 Å². The van der Waals surface area contributed by atoms with Crippen molar-refractivity contribution < 1.29 is 9.53 Å². The molecule has 1 amide bonds. The van der Waals surface area contributed by atoms with Crippen LogP contribution in [0.1, 0.15) is 10.5 Å². The van der Waals surface area contributed by atoms with Gasteiger partial charge >= 0.3 is 0 Å². The highest BCUT2D eigenvalue weighted by Gasteiger charge is 2.24. The smallest absolute Gasteiger partial charge is 0.274 e. The van der Waals surface area contributed by atoms with Crippen molar-refractivity contribution in [3.05, 3.63) is 28.2 Å². The van der Waals surface area contributed by atoms with Crippen LogP contribution in [-0.4, -0.2) is 53.3 Å². The molecule has 0 saturated carbocycles. The van der Waals surface area contributed by atoms with Crippen molar-refractivity contribution in [2.75, 3.05) is 26.2 Å². The molecule has 1 atom stereocenters. The molecule has 0 aromatic carbocycles. The van der Waals surface area contributed by atoms with Crippen LogP contribution in [0, 0.1) is 0 Å². The second kappa shape index (κ2) is 5.07. The molecule has 1 unspecified atom stereocenters. The fourth-order valence-corrected chi connectivity index (χ4v) is 1.67. The lowest BCUT2D eigenvalue weighted by Gasteiger charge is -2.31. The maximum Gasteiger partial charge on any atom is 0.274 e. The molecular formula is C10H14N4O3. The molecule has 92 valence electrons. The Kier molecular flexibility index (Phi) is 3.50. The minimum atomic E-state index is -0.330. The summed E-state index contributed by atoms with van der Waals surface area (Å²) in [5, 5.41) is 5.94. The van der Waals surface area contributed by atoms with E-state index in [0.717, 1.165) is 0 Å². The van der Waals surface area contributed by atoms with Crippen molar-refractivity contribution >= 4 is 5.91 Å². The summed E-state index contributed by atoms with van der Waals surface area (Å²) in [5.41, 5.74) is 5.39. The minimum Gasteiger partial charge on any atom is -0.373 e. The summed E-state index contributed by atoms with van der Waals surface area (Å²) in [6.45, 7) is 1.81. The number of hydrogen-bond donors (Lipinski definition) is 2. The van der Waals surface area contributed by atoms with Crippen LogP contribution in [0.5, 0.6) is 0 Å². The Morgan fingerprint density at radius 2 is 2.47 bits per heavy atom. The van der Waals surface area contributed by atoms with Crippen LogP contribution >= 0.6 is 0 Å². The predicted octanol–water partition coefficient (Wildman–Crippen LogP) is -1.43. The quantitative estimate of drug-likeness (QED) is 0.657. The molecule has 0 radical (unpaired) electrons. The lowest BCUT2D eigenvalue weighted by atomic mass is 10.2. The monoisotopic (exact) mass is 238 g/mol. The van der Waals surface area contributed by atoms with Gasteiger partial charge in [-0.15, -0.1) is 0 Å². The molecule has 7 nitrogen and oxygen atoms in total. The van der Waals surface area contributed by atoms with Gasteiger partial charge in [0.25, 0.3) is 11.5 Å². The van der Waals surface area contributed by atoms with Gasteiger partial charge in [-0.2, -0.15) is 5.10 Å². The fraction of sp³-hybridized carbons (Fsp3) is 0.500. The minimum absolute atomic E-state index is 0.129. The SMILES string of the molecule is NCC1CN(C(=O)c2ccc(=O)[nH]n2)CCO1. The van der Waals surface area contributed by atoms with Gasteiger partial charge in [0.05, 0.1) is 12.7 Å². The van der Waals surface area contributed by atoms with Gasteiger partial charge in [-0.3, -0.25) is 9.59 Å². The van der Waals surface area contributed by atoms with Crippen molar-refractivity contribution in [3.8, 4) is 0 Å². The molecule has 2 rings (SSSR count). The Bertz CT molecular complexity index is 439. The first-order chi connectivity index (χ1) is 8.20. The Morgan fingerprint density at radius 1 is 1.65 bits per heavy atom. The zero-order valence-corrected chi connectivity index (χ0v) is 9.26. The summed E-state index contributed by atoms with van der Waals surface area (Å²) in [7, 11) is 0. The lowest BCUT2D eigenvalue weighted by Crippen LogP contribution is -2.48. The van der Waals surface area contributed by atoms with E-state index in [0.29, 0.717) is 26.2 Å². The van der Waals surface area contributed by atoms with Crippen molar-refractivity contribution in [1.29, 1.82) is 0 Å². The van der Waals surface area contributed by atoms with Crippen molar-refractivity contribution in [2.24, 2.45) is 5.73 Å². The van der Waals surface area contributed by atoms with E-state index in [9.17, 15) is 9.59 Å². The van der Waals surface area contributed by atoms with Crippen LogP contribution in [0.25, 0.3) is 0 Å². The van der Waals surface area contributed by atoms with E-state index in [2.05, 4.69) is 10.2 Å². The highest BCUT2D eigenvalue weighted by atomic mass is 16.5. The maximum atomic E-state index is 12.0. The van der Waals surface area contributed by atoms with E-state index in [4.69, 9.17) is 10.5 Å². The maximum absolute atomic E-state index is 12.0. The zero-order valence-electron chi connectivity index (χ0n) is 9.26. The third kappa shape index (κ3) is 2.69. The lowest BCUT2D eigenvalue weighted by molar-refractivity contribution is -0.0170. The molecule has 1 aliphatic rings. The number of nitrogens with one attached hydrogen (secondary N) is 1. The Morgan fingerprint density at radius 3 is 3.12 bits per heavy atom. The molecule has 2 heterocycles. The van der Waals surface area contributed by atoms with E-state index in [1.807, 2.05) is 0 Å². The Labute approximate surface area is 97.6 Å². The number of carbonyl (C=O) groups is 1. The Balaban J connectivity index is 2.09. The molecular weight excluding hydrogens is 224 g/mol. The van der Waals surface area contributed by atoms with Gasteiger partial charge in [-0.1, -0.05) is 0 Å². The molecule has 17 heavy (non-hydrogen) atoms. The molecule has 0 spiro atoms. The molecule has 0 aliphatic carbocycles. The number of morpholine rings is 1. The average Bonchev–Trinajstić information content (AvgIpc) is 2.39. The first-order valence-corrected chi connectivity index (χ1v) is 5.37. The van der Waals surface area contributed by atoms with Crippen molar-refractivity contribution in [3.63, 3.8) is 0 Å². The van der Waals surface area contributed by atoms with E-state index in [1.165, 1.54) is 12.1 Å². The van der Waals surface area contributed by atoms with Gasteiger partial charge in [-0.05, 0) is 6.07 Å². The number of ether oxygens (including phenoxy) is 1. The van der Waals surface area contributed by atoms with Crippen LogP contribution in [0.2, 0.25) is 0 Å². The van der Waals surface area contributed by atoms with Gasteiger partial charge in [0.2, 0.25) is 0 Å². The van der Waals surface area contributed by atoms with Gasteiger partial charge in [0, 0.05) is 25.7 Å². The third-order valence-electron chi connectivity index (χ3n) is 2.59. The number of aromatic nitrogens is 2. The number of nitrogens with two attached hydrogens (primary N) is 1. The van der Waals surface area contributed by atoms with Crippen molar-refractivity contribution in [1.82, 2.24) is 15.1 Å². The third-order valence-corrected chi connectivity index (χ3v) is 2.59. The van der Waals surface area contributed by atoms with Gasteiger partial charge in [-0.25, -0.2) is 5.10 Å². The zero-order chi connectivity index (χ0) is 12.3. The first kappa shape index (κ1) is 11.7. The number of amides is 1. The standard InChI is InChI=1S/C10H14N4O3/c11-5-7-6-14(3-4-17-7)10(16)8-1-2-9(15)13-12-8/h1-2,7H,3-6,11H2,(H,13,15). The van der Waals surface area contributed by atoms with Crippen LogP contribution < -0.4 is 11.3 Å². The second-order valence-corrected chi connectivity index (χ2v) is 3.79. The molecule has 0 bridgehead atoms. The number of aromatic amines is 1. The van der Waals surface area contributed by atoms with Gasteiger partial charge in [0.15, 0.2) is 0 Å². The molecule has 1 fully saturated rings. The highest BCUT2D eigenvalue weighted by Crippen LogP contribution is 2.07.